The third-order valence-electron chi connectivity index (χ3n) is 4.70. The molecule has 1 N–H and O–H groups in total. The summed E-state index contributed by atoms with van der Waals surface area (Å²) in [5.41, 5.74) is 1.67. The number of carbonyl (C=O) groups is 1. The van der Waals surface area contributed by atoms with Crippen LogP contribution in [0, 0.1) is 0 Å². The molecule has 29 heavy (non-hydrogen) atoms. The maximum Gasteiger partial charge on any atom is 0.257 e. The lowest BCUT2D eigenvalue weighted by Crippen LogP contribution is -2.35. The summed E-state index contributed by atoms with van der Waals surface area (Å²) < 4.78 is 27.2. The van der Waals surface area contributed by atoms with Crippen molar-refractivity contribution in [2.75, 3.05) is 18.4 Å². The van der Waals surface area contributed by atoms with Gasteiger partial charge in [-0.1, -0.05) is 18.6 Å². The van der Waals surface area contributed by atoms with E-state index >= 15 is 0 Å². The van der Waals surface area contributed by atoms with Crippen LogP contribution in [0.4, 0.5) is 5.13 Å². The van der Waals surface area contributed by atoms with Gasteiger partial charge in [-0.05, 0) is 43.2 Å². The Morgan fingerprint density at radius 3 is 2.62 bits per heavy atom. The fraction of sp³-hybridized carbons (Fsp3) is 0.250. The van der Waals surface area contributed by atoms with Crippen molar-refractivity contribution in [1.82, 2.24) is 14.3 Å². The molecule has 0 aliphatic carbocycles. The number of nitrogens with zero attached hydrogens (tertiary/aromatic N) is 3. The van der Waals surface area contributed by atoms with Gasteiger partial charge in [-0.15, -0.1) is 11.3 Å². The number of anilines is 1. The molecule has 1 aliphatic heterocycles. The number of rotatable bonds is 5. The van der Waals surface area contributed by atoms with Gasteiger partial charge in [0.1, 0.15) is 5.69 Å². The maximum atomic E-state index is 12.9. The Bertz CT molecular complexity index is 1110. The molecular formula is C20H20N4O3S2. The van der Waals surface area contributed by atoms with Gasteiger partial charge >= 0.3 is 0 Å². The zero-order valence-corrected chi connectivity index (χ0v) is 17.2. The Balaban J connectivity index is 1.51. The van der Waals surface area contributed by atoms with Crippen molar-refractivity contribution in [3.8, 4) is 11.4 Å². The second-order valence-corrected chi connectivity index (χ2v) is 9.50. The summed E-state index contributed by atoms with van der Waals surface area (Å²) in [5.74, 6) is -0.400. The average Bonchev–Trinajstić information content (AvgIpc) is 3.23. The summed E-state index contributed by atoms with van der Waals surface area (Å²) >= 11 is 1.29. The molecule has 1 aromatic carbocycles. The lowest BCUT2D eigenvalue weighted by atomic mass is 10.2. The number of piperidine rings is 1. The first-order valence-corrected chi connectivity index (χ1v) is 11.6. The summed E-state index contributed by atoms with van der Waals surface area (Å²) in [6.07, 6.45) is 4.45. The molecule has 1 aliphatic rings. The molecule has 0 bridgehead atoms. The van der Waals surface area contributed by atoms with E-state index in [1.807, 2.05) is 23.6 Å². The second kappa shape index (κ2) is 8.40. The number of amides is 1. The fourth-order valence-corrected chi connectivity index (χ4v) is 5.45. The van der Waals surface area contributed by atoms with Crippen molar-refractivity contribution >= 4 is 32.4 Å². The van der Waals surface area contributed by atoms with Crippen LogP contribution in [0.15, 0.2) is 58.9 Å². The first-order valence-electron chi connectivity index (χ1n) is 9.32. The van der Waals surface area contributed by atoms with E-state index in [4.69, 9.17) is 0 Å². The standard InChI is InChI=1S/C20H20N4O3S2/c25-19(23-20-22-18(14-28-20)17-9-2-3-10-21-17)15-7-6-8-16(13-15)29(26,27)24-11-4-1-5-12-24/h2-3,6-10,13-14H,1,4-5,11-12H2,(H,22,23,25). The molecule has 4 rings (SSSR count). The largest absolute Gasteiger partial charge is 0.298 e. The normalized spacial score (nSPS) is 15.2. The molecule has 0 unspecified atom stereocenters. The maximum absolute atomic E-state index is 12.9. The van der Waals surface area contributed by atoms with Crippen LogP contribution in [0.5, 0.6) is 0 Å². The molecule has 0 atom stereocenters. The summed E-state index contributed by atoms with van der Waals surface area (Å²) in [5, 5.41) is 4.98. The molecule has 0 radical (unpaired) electrons. The monoisotopic (exact) mass is 428 g/mol. The molecule has 7 nitrogen and oxygen atoms in total. The van der Waals surface area contributed by atoms with Crippen LogP contribution in [0.3, 0.4) is 0 Å². The van der Waals surface area contributed by atoms with E-state index < -0.39 is 15.9 Å². The smallest absolute Gasteiger partial charge is 0.257 e. The second-order valence-electron chi connectivity index (χ2n) is 6.70. The Morgan fingerprint density at radius 2 is 1.86 bits per heavy atom. The highest BCUT2D eigenvalue weighted by Crippen LogP contribution is 2.25. The first-order chi connectivity index (χ1) is 14.0. The van der Waals surface area contributed by atoms with Gasteiger partial charge in [0.25, 0.3) is 5.91 Å². The Morgan fingerprint density at radius 1 is 1.03 bits per heavy atom. The molecule has 9 heteroatoms. The van der Waals surface area contributed by atoms with Crippen LogP contribution >= 0.6 is 11.3 Å². The van der Waals surface area contributed by atoms with E-state index in [1.54, 1.807) is 18.3 Å². The van der Waals surface area contributed by atoms with Crippen LogP contribution in [-0.4, -0.2) is 41.7 Å². The van der Waals surface area contributed by atoms with Crippen molar-refractivity contribution in [3.63, 3.8) is 0 Å². The number of hydrogen-bond acceptors (Lipinski definition) is 6. The highest BCUT2D eigenvalue weighted by atomic mass is 32.2. The minimum atomic E-state index is -3.59. The average molecular weight is 429 g/mol. The SMILES string of the molecule is O=C(Nc1nc(-c2ccccn2)cs1)c1cccc(S(=O)(=O)N2CCCCC2)c1. The number of benzene rings is 1. The predicted octanol–water partition coefficient (Wildman–Crippen LogP) is 3.63. The highest BCUT2D eigenvalue weighted by Gasteiger charge is 2.26. The van der Waals surface area contributed by atoms with Gasteiger partial charge < -0.3 is 0 Å². The Kier molecular flexibility index (Phi) is 5.70. The van der Waals surface area contributed by atoms with Gasteiger partial charge in [-0.25, -0.2) is 13.4 Å². The van der Waals surface area contributed by atoms with Gasteiger partial charge in [0, 0.05) is 30.2 Å². The van der Waals surface area contributed by atoms with Crippen LogP contribution < -0.4 is 5.32 Å². The number of thiazole rings is 1. The van der Waals surface area contributed by atoms with Gasteiger partial charge in [-0.3, -0.25) is 15.1 Å². The molecule has 0 saturated carbocycles. The fourth-order valence-electron chi connectivity index (χ4n) is 3.18. The minimum absolute atomic E-state index is 0.139. The summed E-state index contributed by atoms with van der Waals surface area (Å²) in [6, 6.07) is 11.7. The van der Waals surface area contributed by atoms with Crippen LogP contribution in [0.25, 0.3) is 11.4 Å². The molecule has 1 fully saturated rings. The van der Waals surface area contributed by atoms with Gasteiger partial charge in [0.2, 0.25) is 10.0 Å². The third kappa shape index (κ3) is 4.36. The van der Waals surface area contributed by atoms with Crippen molar-refractivity contribution in [2.24, 2.45) is 0 Å². The highest BCUT2D eigenvalue weighted by molar-refractivity contribution is 7.89. The molecule has 150 valence electrons. The van der Waals surface area contributed by atoms with Crippen molar-refractivity contribution in [3.05, 3.63) is 59.6 Å². The zero-order chi connectivity index (χ0) is 20.3. The Hall–Kier alpha value is -2.62. The van der Waals surface area contributed by atoms with Crippen molar-refractivity contribution in [1.29, 1.82) is 0 Å². The van der Waals surface area contributed by atoms with Gasteiger partial charge in [0.15, 0.2) is 5.13 Å². The van der Waals surface area contributed by atoms with E-state index in [2.05, 4.69) is 15.3 Å². The van der Waals surface area contributed by atoms with Crippen LogP contribution in [0.1, 0.15) is 29.6 Å². The summed E-state index contributed by atoms with van der Waals surface area (Å²) in [7, 11) is -3.59. The number of nitrogens with one attached hydrogen (secondary N) is 1. The summed E-state index contributed by atoms with van der Waals surface area (Å²) in [4.78, 5) is 21.4. The number of carbonyl (C=O) groups excluding carboxylic acids is 1. The topological polar surface area (TPSA) is 92.3 Å². The molecular weight excluding hydrogens is 408 g/mol. The van der Waals surface area contributed by atoms with E-state index in [0.29, 0.717) is 23.9 Å². The van der Waals surface area contributed by atoms with Gasteiger partial charge in [0.05, 0.1) is 10.6 Å². The molecule has 2 aromatic heterocycles. The van der Waals surface area contributed by atoms with Crippen LogP contribution in [0.2, 0.25) is 0 Å². The zero-order valence-electron chi connectivity index (χ0n) is 15.6. The molecule has 1 saturated heterocycles. The number of hydrogen-bond donors (Lipinski definition) is 1. The summed E-state index contributed by atoms with van der Waals surface area (Å²) in [6.45, 7) is 1.04. The minimum Gasteiger partial charge on any atom is -0.298 e. The van der Waals surface area contributed by atoms with Crippen LogP contribution in [-0.2, 0) is 10.0 Å². The lowest BCUT2D eigenvalue weighted by molar-refractivity contribution is 0.102. The van der Waals surface area contributed by atoms with E-state index in [9.17, 15) is 13.2 Å². The molecule has 3 heterocycles. The quantitative estimate of drug-likeness (QED) is 0.670. The number of sulfonamides is 1. The lowest BCUT2D eigenvalue weighted by Gasteiger charge is -2.26. The van der Waals surface area contributed by atoms with E-state index in [-0.39, 0.29) is 10.5 Å². The van der Waals surface area contributed by atoms with E-state index in [0.717, 1.165) is 25.0 Å². The van der Waals surface area contributed by atoms with Gasteiger partial charge in [-0.2, -0.15) is 4.31 Å². The first kappa shape index (κ1) is 19.7. The predicted molar refractivity (Wildman–Crippen MR) is 112 cm³/mol. The molecule has 1 amide bonds. The van der Waals surface area contributed by atoms with E-state index in [1.165, 1.54) is 27.8 Å². The van der Waals surface area contributed by atoms with Crippen molar-refractivity contribution < 1.29 is 13.2 Å². The number of pyridine rings is 1. The number of aromatic nitrogens is 2. The third-order valence-corrected chi connectivity index (χ3v) is 7.35. The molecule has 3 aromatic rings. The van der Waals surface area contributed by atoms with Crippen molar-refractivity contribution in [2.45, 2.75) is 24.2 Å². The molecule has 0 spiro atoms. The Labute approximate surface area is 173 Å².